The summed E-state index contributed by atoms with van der Waals surface area (Å²) < 4.78 is 20.9. The molecule has 2 aromatic carbocycles. The van der Waals surface area contributed by atoms with E-state index < -0.39 is 11.6 Å². The van der Waals surface area contributed by atoms with Crippen LogP contribution in [0.1, 0.15) is 5.56 Å². The molecule has 1 aromatic heterocycles. The Balaban J connectivity index is 1.70. The maximum absolute atomic E-state index is 12.0. The predicted molar refractivity (Wildman–Crippen MR) is 91.3 cm³/mol. The van der Waals surface area contributed by atoms with Crippen LogP contribution in [-0.4, -0.2) is 19.7 Å². The van der Waals surface area contributed by atoms with Gasteiger partial charge in [-0.3, -0.25) is 0 Å². The third kappa shape index (κ3) is 3.80. The van der Waals surface area contributed by atoms with Gasteiger partial charge in [0.1, 0.15) is 11.3 Å². The van der Waals surface area contributed by atoms with Crippen LogP contribution in [0.2, 0.25) is 0 Å². The van der Waals surface area contributed by atoms with Gasteiger partial charge in [-0.15, -0.1) is 0 Å². The topological polar surface area (TPSA) is 75.0 Å². The van der Waals surface area contributed by atoms with E-state index in [0.29, 0.717) is 17.1 Å². The fourth-order valence-corrected chi connectivity index (χ4v) is 2.40. The highest BCUT2D eigenvalue weighted by Gasteiger charge is 2.11. The number of para-hydroxylation sites is 2. The van der Waals surface area contributed by atoms with Gasteiger partial charge in [0.2, 0.25) is 0 Å². The molecule has 0 aliphatic rings. The molecule has 6 nitrogen and oxygen atoms in total. The quantitative estimate of drug-likeness (QED) is 0.404. The Morgan fingerprint density at radius 3 is 2.60 bits per heavy atom. The van der Waals surface area contributed by atoms with Crippen LogP contribution >= 0.6 is 0 Å². The lowest BCUT2D eigenvalue weighted by Gasteiger charge is -2.10. The van der Waals surface area contributed by atoms with Gasteiger partial charge in [0.15, 0.2) is 18.1 Å². The Bertz CT molecular complexity index is 973. The normalized spacial score (nSPS) is 10.5. The van der Waals surface area contributed by atoms with Gasteiger partial charge in [-0.1, -0.05) is 12.1 Å². The van der Waals surface area contributed by atoms with Crippen LogP contribution in [0.3, 0.4) is 0 Å². The Labute approximate surface area is 143 Å². The van der Waals surface area contributed by atoms with Crippen molar-refractivity contribution >= 4 is 16.9 Å². The van der Waals surface area contributed by atoms with E-state index in [-0.39, 0.29) is 12.4 Å². The molecule has 0 N–H and O–H groups in total. The molecule has 0 radical (unpaired) electrons. The lowest BCUT2D eigenvalue weighted by molar-refractivity contribution is -0.136. The molecule has 3 aromatic rings. The summed E-state index contributed by atoms with van der Waals surface area (Å²) in [6.45, 7) is 1.53. The minimum absolute atomic E-state index is 0.273. The maximum Gasteiger partial charge on any atom is 0.349 e. The Hall–Kier alpha value is -3.28. The van der Waals surface area contributed by atoms with Crippen molar-refractivity contribution in [1.82, 2.24) is 0 Å². The van der Waals surface area contributed by atoms with Crippen LogP contribution in [0.25, 0.3) is 11.0 Å². The highest BCUT2D eigenvalue weighted by Crippen LogP contribution is 2.26. The average Bonchev–Trinajstić information content (AvgIpc) is 2.59. The summed E-state index contributed by atoms with van der Waals surface area (Å²) in [7, 11) is 1.52. The molecular weight excluding hydrogens is 324 g/mol. The van der Waals surface area contributed by atoms with E-state index in [2.05, 4.69) is 0 Å². The molecule has 0 aliphatic carbocycles. The summed E-state index contributed by atoms with van der Waals surface area (Å²) in [5, 5.41) is 0.782. The number of benzene rings is 2. The van der Waals surface area contributed by atoms with Crippen molar-refractivity contribution in [3.63, 3.8) is 0 Å². The van der Waals surface area contributed by atoms with Gasteiger partial charge < -0.3 is 18.6 Å². The van der Waals surface area contributed by atoms with E-state index in [0.717, 1.165) is 10.9 Å². The lowest BCUT2D eigenvalue weighted by Crippen LogP contribution is -2.18. The van der Waals surface area contributed by atoms with Crippen LogP contribution in [0, 0.1) is 6.92 Å². The third-order valence-electron chi connectivity index (χ3n) is 3.57. The monoisotopic (exact) mass is 340 g/mol. The number of esters is 1. The van der Waals surface area contributed by atoms with E-state index in [4.69, 9.17) is 18.6 Å². The molecule has 0 unspecified atom stereocenters. The average molecular weight is 340 g/mol. The van der Waals surface area contributed by atoms with E-state index in [1.165, 1.54) is 19.2 Å². The van der Waals surface area contributed by atoms with Crippen molar-refractivity contribution in [2.75, 3.05) is 13.7 Å². The minimum atomic E-state index is -0.583. The number of hydrogen-bond donors (Lipinski definition) is 0. The highest BCUT2D eigenvalue weighted by molar-refractivity contribution is 5.82. The molecule has 3 rings (SSSR count). The number of carbonyl (C=O) groups is 1. The van der Waals surface area contributed by atoms with E-state index in [1.54, 1.807) is 36.4 Å². The number of methoxy groups -OCH3 is 1. The molecule has 0 saturated carbocycles. The molecule has 128 valence electrons. The van der Waals surface area contributed by atoms with Crippen molar-refractivity contribution in [1.29, 1.82) is 0 Å². The summed E-state index contributed by atoms with van der Waals surface area (Å²) in [5.74, 6) is 0.662. The van der Waals surface area contributed by atoms with Gasteiger partial charge in [-0.2, -0.15) is 0 Å². The van der Waals surface area contributed by atoms with Gasteiger partial charge >= 0.3 is 11.6 Å². The SMILES string of the molecule is COc1ccccc1OCC(=O)Oc1ccc2c(C)cc(=O)oc2c1. The zero-order valence-corrected chi connectivity index (χ0v) is 13.8. The molecule has 0 spiro atoms. The standard InChI is InChI=1S/C19H16O6/c1-12-9-18(20)25-17-10-13(7-8-14(12)17)24-19(21)11-23-16-6-4-3-5-15(16)22-2/h3-10H,11H2,1-2H3. The van der Waals surface area contributed by atoms with Gasteiger partial charge in [0, 0.05) is 17.5 Å². The first-order valence-electron chi connectivity index (χ1n) is 7.58. The second kappa shape index (κ2) is 7.09. The zero-order valence-electron chi connectivity index (χ0n) is 13.8. The fourth-order valence-electron chi connectivity index (χ4n) is 2.40. The van der Waals surface area contributed by atoms with E-state index in [1.807, 2.05) is 6.92 Å². The van der Waals surface area contributed by atoms with Gasteiger partial charge in [0.05, 0.1) is 7.11 Å². The van der Waals surface area contributed by atoms with Gasteiger partial charge in [-0.25, -0.2) is 9.59 Å². The molecule has 0 fully saturated rings. The van der Waals surface area contributed by atoms with Crippen molar-refractivity contribution in [2.24, 2.45) is 0 Å². The molecule has 6 heteroatoms. The molecule has 0 amide bonds. The first kappa shape index (κ1) is 16.6. The Morgan fingerprint density at radius 2 is 1.84 bits per heavy atom. The molecular formula is C19H16O6. The number of ether oxygens (including phenoxy) is 3. The highest BCUT2D eigenvalue weighted by atomic mass is 16.6. The smallest absolute Gasteiger partial charge is 0.349 e. The number of carbonyl (C=O) groups excluding carboxylic acids is 1. The predicted octanol–water partition coefficient (Wildman–Crippen LogP) is 3.09. The van der Waals surface area contributed by atoms with Gasteiger partial charge in [0.25, 0.3) is 0 Å². The van der Waals surface area contributed by atoms with Crippen LogP contribution in [-0.2, 0) is 4.79 Å². The first-order valence-corrected chi connectivity index (χ1v) is 7.58. The summed E-state index contributed by atoms with van der Waals surface area (Å²) in [6.07, 6.45) is 0. The first-order chi connectivity index (χ1) is 12.1. The summed E-state index contributed by atoms with van der Waals surface area (Å²) >= 11 is 0. The van der Waals surface area contributed by atoms with Crippen LogP contribution in [0.15, 0.2) is 57.7 Å². The third-order valence-corrected chi connectivity index (χ3v) is 3.57. The Kier molecular flexibility index (Phi) is 4.70. The number of rotatable bonds is 5. The largest absolute Gasteiger partial charge is 0.493 e. The summed E-state index contributed by atoms with van der Waals surface area (Å²) in [4.78, 5) is 23.4. The number of aryl methyl sites for hydroxylation is 1. The zero-order chi connectivity index (χ0) is 17.8. The number of fused-ring (bicyclic) bond motifs is 1. The summed E-state index contributed by atoms with van der Waals surface area (Å²) in [5.41, 5.74) is 0.706. The second-order valence-electron chi connectivity index (χ2n) is 5.32. The lowest BCUT2D eigenvalue weighted by atomic mass is 10.1. The molecule has 0 atom stereocenters. The molecule has 0 aliphatic heterocycles. The summed E-state index contributed by atoms with van der Waals surface area (Å²) in [6, 6.07) is 13.3. The van der Waals surface area contributed by atoms with Crippen molar-refractivity contribution in [2.45, 2.75) is 6.92 Å². The van der Waals surface area contributed by atoms with Gasteiger partial charge in [-0.05, 0) is 36.8 Å². The molecule has 25 heavy (non-hydrogen) atoms. The van der Waals surface area contributed by atoms with Crippen LogP contribution in [0.5, 0.6) is 17.2 Å². The minimum Gasteiger partial charge on any atom is -0.493 e. The number of hydrogen-bond acceptors (Lipinski definition) is 6. The maximum atomic E-state index is 12.0. The fraction of sp³-hybridized carbons (Fsp3) is 0.158. The molecule has 1 heterocycles. The van der Waals surface area contributed by atoms with E-state index >= 15 is 0 Å². The van der Waals surface area contributed by atoms with Crippen molar-refractivity contribution in [3.8, 4) is 17.2 Å². The van der Waals surface area contributed by atoms with Crippen LogP contribution in [0.4, 0.5) is 0 Å². The second-order valence-corrected chi connectivity index (χ2v) is 5.32. The Morgan fingerprint density at radius 1 is 1.08 bits per heavy atom. The molecule has 0 bridgehead atoms. The van der Waals surface area contributed by atoms with Crippen molar-refractivity contribution in [3.05, 3.63) is 64.5 Å². The van der Waals surface area contributed by atoms with Crippen molar-refractivity contribution < 1.29 is 23.4 Å². The van der Waals surface area contributed by atoms with E-state index in [9.17, 15) is 9.59 Å². The molecule has 0 saturated heterocycles. The van der Waals surface area contributed by atoms with Crippen LogP contribution < -0.4 is 19.8 Å².